The molecule has 1 aliphatic heterocycles. The summed E-state index contributed by atoms with van der Waals surface area (Å²) in [7, 11) is -3.83. The molecule has 10 heteroatoms. The summed E-state index contributed by atoms with van der Waals surface area (Å²) in [6, 6.07) is 7.63. The van der Waals surface area contributed by atoms with E-state index in [1.54, 1.807) is 25.1 Å². The van der Waals surface area contributed by atoms with E-state index in [1.165, 1.54) is 23.3 Å². The lowest BCUT2D eigenvalue weighted by Gasteiger charge is -2.14. The molecule has 2 N–H and O–H groups in total. The molecule has 0 bridgehead atoms. The highest BCUT2D eigenvalue weighted by molar-refractivity contribution is 7.89. The zero-order valence-electron chi connectivity index (χ0n) is 16.5. The van der Waals surface area contributed by atoms with E-state index in [2.05, 4.69) is 10.0 Å². The molecular formula is C20H23N3O6S. The number of benzene rings is 1. The number of nitrogens with zero attached hydrogens (tertiary/aromatic N) is 1. The first-order valence-corrected chi connectivity index (χ1v) is 11.0. The Hall–Kier alpha value is -2.98. The Kier molecular flexibility index (Phi) is 6.68. The van der Waals surface area contributed by atoms with Gasteiger partial charge in [0, 0.05) is 31.5 Å². The molecule has 160 valence electrons. The van der Waals surface area contributed by atoms with Crippen molar-refractivity contribution in [2.75, 3.05) is 13.1 Å². The summed E-state index contributed by atoms with van der Waals surface area (Å²) in [6.45, 7) is 2.22. The molecule has 30 heavy (non-hydrogen) atoms. The van der Waals surface area contributed by atoms with Crippen LogP contribution in [0.2, 0.25) is 0 Å². The Morgan fingerprint density at radius 3 is 2.57 bits per heavy atom. The fourth-order valence-corrected chi connectivity index (χ4v) is 4.10. The van der Waals surface area contributed by atoms with Gasteiger partial charge >= 0.3 is 0 Å². The smallest absolute Gasteiger partial charge is 0.251 e. The van der Waals surface area contributed by atoms with Crippen LogP contribution in [0.15, 0.2) is 45.9 Å². The van der Waals surface area contributed by atoms with Gasteiger partial charge in [-0.3, -0.25) is 19.3 Å². The molecule has 3 rings (SSSR count). The van der Waals surface area contributed by atoms with Gasteiger partial charge in [-0.05, 0) is 43.2 Å². The van der Waals surface area contributed by atoms with Crippen molar-refractivity contribution in [3.63, 3.8) is 0 Å². The van der Waals surface area contributed by atoms with E-state index in [4.69, 9.17) is 4.42 Å². The number of carbonyl (C=O) groups is 3. The SMILES string of the molecule is Cc1ccc(S(=O)(=O)NCc2ccco2)cc1C(=O)NCCCN1C(=O)CCC1=O. The number of carbonyl (C=O) groups excluding carboxylic acids is 3. The second-order valence-corrected chi connectivity index (χ2v) is 8.70. The number of aryl methyl sites for hydroxylation is 1. The van der Waals surface area contributed by atoms with Gasteiger partial charge in [0.2, 0.25) is 21.8 Å². The molecule has 1 saturated heterocycles. The number of likely N-dealkylation sites (tertiary alicyclic amines) is 1. The second-order valence-electron chi connectivity index (χ2n) is 6.93. The monoisotopic (exact) mass is 433 g/mol. The number of furan rings is 1. The molecule has 0 spiro atoms. The Balaban J connectivity index is 1.59. The lowest BCUT2D eigenvalue weighted by Crippen LogP contribution is -2.33. The first-order valence-electron chi connectivity index (χ1n) is 9.52. The van der Waals surface area contributed by atoms with Gasteiger partial charge in [0.05, 0.1) is 17.7 Å². The highest BCUT2D eigenvalue weighted by Crippen LogP contribution is 2.17. The summed E-state index contributed by atoms with van der Waals surface area (Å²) < 4.78 is 32.6. The van der Waals surface area contributed by atoms with Gasteiger partial charge in [-0.2, -0.15) is 0 Å². The van der Waals surface area contributed by atoms with Crippen LogP contribution in [0.3, 0.4) is 0 Å². The van der Waals surface area contributed by atoms with E-state index in [0.29, 0.717) is 17.7 Å². The predicted octanol–water partition coefficient (Wildman–Crippen LogP) is 1.34. The number of nitrogens with one attached hydrogen (secondary N) is 2. The van der Waals surface area contributed by atoms with Crippen LogP contribution in [-0.2, 0) is 26.2 Å². The van der Waals surface area contributed by atoms with Gasteiger partial charge in [0.15, 0.2) is 0 Å². The molecule has 2 heterocycles. The molecule has 2 aromatic rings. The second kappa shape index (κ2) is 9.23. The minimum Gasteiger partial charge on any atom is -0.468 e. The molecule has 0 aliphatic carbocycles. The number of imide groups is 1. The number of amides is 3. The van der Waals surface area contributed by atoms with E-state index in [9.17, 15) is 22.8 Å². The lowest BCUT2D eigenvalue weighted by molar-refractivity contribution is -0.138. The minimum absolute atomic E-state index is 0.00131. The summed E-state index contributed by atoms with van der Waals surface area (Å²) in [5.41, 5.74) is 0.867. The standard InChI is InChI=1S/C20H23N3O6S/c1-14-5-6-16(30(27,28)22-13-15-4-2-11-29-15)12-17(14)20(26)21-9-3-10-23-18(24)7-8-19(23)25/h2,4-6,11-12,22H,3,7-10,13H2,1H3,(H,21,26). The van der Waals surface area contributed by atoms with Gasteiger partial charge < -0.3 is 9.73 Å². The van der Waals surface area contributed by atoms with Gasteiger partial charge in [-0.15, -0.1) is 0 Å². The van der Waals surface area contributed by atoms with Crippen LogP contribution < -0.4 is 10.0 Å². The highest BCUT2D eigenvalue weighted by Gasteiger charge is 2.28. The third kappa shape index (κ3) is 5.14. The predicted molar refractivity (Wildman–Crippen MR) is 107 cm³/mol. The third-order valence-corrected chi connectivity index (χ3v) is 6.18. The van der Waals surface area contributed by atoms with E-state index in [-0.39, 0.29) is 54.7 Å². The van der Waals surface area contributed by atoms with Crippen molar-refractivity contribution in [2.45, 2.75) is 37.6 Å². The Morgan fingerprint density at radius 2 is 1.90 bits per heavy atom. The highest BCUT2D eigenvalue weighted by atomic mass is 32.2. The largest absolute Gasteiger partial charge is 0.468 e. The van der Waals surface area contributed by atoms with Gasteiger partial charge in [0.25, 0.3) is 5.91 Å². The molecule has 0 saturated carbocycles. The van der Waals surface area contributed by atoms with Gasteiger partial charge in [-0.1, -0.05) is 6.07 Å². The molecule has 3 amide bonds. The van der Waals surface area contributed by atoms with Crippen molar-refractivity contribution < 1.29 is 27.2 Å². The summed E-state index contributed by atoms with van der Waals surface area (Å²) >= 11 is 0. The summed E-state index contributed by atoms with van der Waals surface area (Å²) in [6.07, 6.45) is 2.34. The average molecular weight is 433 g/mol. The zero-order valence-corrected chi connectivity index (χ0v) is 17.3. The maximum atomic E-state index is 12.5. The lowest BCUT2D eigenvalue weighted by atomic mass is 10.1. The zero-order chi connectivity index (χ0) is 21.7. The van der Waals surface area contributed by atoms with Crippen LogP contribution in [-0.4, -0.2) is 44.1 Å². The average Bonchev–Trinajstić information content (AvgIpc) is 3.34. The Bertz CT molecular complexity index is 1030. The molecule has 1 fully saturated rings. The van der Waals surface area contributed by atoms with Crippen LogP contribution in [0.25, 0.3) is 0 Å². The summed E-state index contributed by atoms with van der Waals surface area (Å²) in [5.74, 6) is -0.336. The fraction of sp³-hybridized carbons (Fsp3) is 0.350. The van der Waals surface area contributed by atoms with E-state index < -0.39 is 15.9 Å². The van der Waals surface area contributed by atoms with Crippen molar-refractivity contribution in [2.24, 2.45) is 0 Å². The van der Waals surface area contributed by atoms with E-state index in [0.717, 1.165) is 0 Å². The maximum absolute atomic E-state index is 12.5. The minimum atomic E-state index is -3.83. The first kappa shape index (κ1) is 21.7. The van der Waals surface area contributed by atoms with Crippen LogP contribution in [0, 0.1) is 6.92 Å². The number of rotatable bonds is 9. The van der Waals surface area contributed by atoms with Crippen LogP contribution >= 0.6 is 0 Å². The molecule has 9 nitrogen and oxygen atoms in total. The fourth-order valence-electron chi connectivity index (χ4n) is 3.08. The molecule has 0 radical (unpaired) electrons. The van der Waals surface area contributed by atoms with E-state index >= 15 is 0 Å². The number of hydrogen-bond acceptors (Lipinski definition) is 6. The van der Waals surface area contributed by atoms with E-state index in [1.807, 2.05) is 0 Å². The maximum Gasteiger partial charge on any atom is 0.251 e. The first-order chi connectivity index (χ1) is 14.3. The van der Waals surface area contributed by atoms with Crippen molar-refractivity contribution in [1.29, 1.82) is 0 Å². The van der Waals surface area contributed by atoms with Gasteiger partial charge in [-0.25, -0.2) is 13.1 Å². The molecule has 0 atom stereocenters. The molecule has 1 aliphatic rings. The Labute approximate surface area is 174 Å². The molecule has 1 aromatic heterocycles. The van der Waals surface area contributed by atoms with Crippen molar-refractivity contribution >= 4 is 27.7 Å². The molecule has 1 aromatic carbocycles. The van der Waals surface area contributed by atoms with Crippen molar-refractivity contribution in [3.05, 3.63) is 53.5 Å². The quantitative estimate of drug-likeness (QED) is 0.454. The molecular weight excluding hydrogens is 410 g/mol. The van der Waals surface area contributed by atoms with Crippen molar-refractivity contribution in [1.82, 2.24) is 14.9 Å². The van der Waals surface area contributed by atoms with Crippen molar-refractivity contribution in [3.8, 4) is 0 Å². The number of hydrogen-bond donors (Lipinski definition) is 2. The van der Waals surface area contributed by atoms with Gasteiger partial charge in [0.1, 0.15) is 5.76 Å². The topological polar surface area (TPSA) is 126 Å². The van der Waals surface area contributed by atoms with Crippen LogP contribution in [0.1, 0.15) is 40.9 Å². The number of sulfonamides is 1. The summed E-state index contributed by atoms with van der Waals surface area (Å²) in [4.78, 5) is 36.9. The van der Waals surface area contributed by atoms with Crippen LogP contribution in [0.4, 0.5) is 0 Å². The normalized spacial score (nSPS) is 14.4. The van der Waals surface area contributed by atoms with Crippen LogP contribution in [0.5, 0.6) is 0 Å². The third-order valence-electron chi connectivity index (χ3n) is 4.78. The molecule has 0 unspecified atom stereocenters. The summed E-state index contributed by atoms with van der Waals surface area (Å²) in [5, 5.41) is 2.71. The Morgan fingerprint density at radius 1 is 1.17 bits per heavy atom.